The van der Waals surface area contributed by atoms with Gasteiger partial charge in [-0.05, 0) is 49.9 Å². The molecular formula is C15H17F2NS. The van der Waals surface area contributed by atoms with Crippen LogP contribution in [0.5, 0.6) is 0 Å². The Morgan fingerprint density at radius 2 is 2.05 bits per heavy atom. The van der Waals surface area contributed by atoms with Crippen LogP contribution in [0, 0.1) is 18.6 Å². The van der Waals surface area contributed by atoms with Gasteiger partial charge in [0.15, 0.2) is 0 Å². The van der Waals surface area contributed by atoms with Crippen molar-refractivity contribution < 1.29 is 8.78 Å². The SMILES string of the molecule is CNC(CCc1cccs1)c1c(F)ccc(C)c1F. The van der Waals surface area contributed by atoms with E-state index in [4.69, 9.17) is 0 Å². The van der Waals surface area contributed by atoms with E-state index in [9.17, 15) is 8.78 Å². The fraction of sp³-hybridized carbons (Fsp3) is 0.333. The molecule has 1 atom stereocenters. The summed E-state index contributed by atoms with van der Waals surface area (Å²) in [5, 5.41) is 5.03. The molecule has 2 rings (SSSR count). The number of hydrogen-bond acceptors (Lipinski definition) is 2. The molecule has 0 amide bonds. The molecule has 0 saturated heterocycles. The van der Waals surface area contributed by atoms with E-state index in [1.165, 1.54) is 17.0 Å². The summed E-state index contributed by atoms with van der Waals surface area (Å²) in [6, 6.07) is 6.54. The van der Waals surface area contributed by atoms with Gasteiger partial charge in [0, 0.05) is 16.5 Å². The largest absolute Gasteiger partial charge is 0.313 e. The Labute approximate surface area is 116 Å². The summed E-state index contributed by atoms with van der Waals surface area (Å²) < 4.78 is 27.9. The van der Waals surface area contributed by atoms with Crippen molar-refractivity contribution in [2.45, 2.75) is 25.8 Å². The molecule has 2 aromatic rings. The lowest BCUT2D eigenvalue weighted by atomic mass is 9.98. The molecule has 0 saturated carbocycles. The van der Waals surface area contributed by atoms with Crippen LogP contribution in [0.2, 0.25) is 0 Å². The highest BCUT2D eigenvalue weighted by molar-refractivity contribution is 7.09. The number of thiophene rings is 1. The molecule has 1 aromatic carbocycles. The standard InChI is InChI=1S/C15H17F2NS/c1-10-5-7-12(16)14(15(10)17)13(18-2)8-6-11-4-3-9-19-11/h3-5,7,9,13,18H,6,8H2,1-2H3. The number of nitrogens with one attached hydrogen (secondary N) is 1. The van der Waals surface area contributed by atoms with Crippen LogP contribution in [-0.2, 0) is 6.42 Å². The van der Waals surface area contributed by atoms with Gasteiger partial charge in [0.1, 0.15) is 11.6 Å². The summed E-state index contributed by atoms with van der Waals surface area (Å²) in [4.78, 5) is 1.23. The summed E-state index contributed by atoms with van der Waals surface area (Å²) in [6.45, 7) is 1.66. The summed E-state index contributed by atoms with van der Waals surface area (Å²) in [5.41, 5.74) is 0.631. The molecule has 0 spiro atoms. The molecule has 1 unspecified atom stereocenters. The molecule has 0 aliphatic heterocycles. The van der Waals surface area contributed by atoms with Gasteiger partial charge in [-0.2, -0.15) is 0 Å². The normalized spacial score (nSPS) is 12.6. The Bertz CT molecular complexity index is 537. The van der Waals surface area contributed by atoms with Crippen LogP contribution in [0.3, 0.4) is 0 Å². The Balaban J connectivity index is 2.19. The molecule has 0 aliphatic rings. The first-order valence-electron chi connectivity index (χ1n) is 6.27. The summed E-state index contributed by atoms with van der Waals surface area (Å²) >= 11 is 1.67. The van der Waals surface area contributed by atoms with Crippen LogP contribution in [-0.4, -0.2) is 7.05 Å². The van der Waals surface area contributed by atoms with Crippen molar-refractivity contribution in [2.24, 2.45) is 0 Å². The second-order valence-electron chi connectivity index (χ2n) is 4.55. The number of aryl methyl sites for hydroxylation is 2. The minimum absolute atomic E-state index is 0.152. The van der Waals surface area contributed by atoms with E-state index in [0.717, 1.165) is 6.42 Å². The Morgan fingerprint density at radius 1 is 1.26 bits per heavy atom. The first-order chi connectivity index (χ1) is 9.13. The third-order valence-electron chi connectivity index (χ3n) is 3.28. The van der Waals surface area contributed by atoms with E-state index < -0.39 is 11.6 Å². The van der Waals surface area contributed by atoms with E-state index in [1.807, 2.05) is 17.5 Å². The van der Waals surface area contributed by atoms with Crippen molar-refractivity contribution in [3.05, 3.63) is 57.3 Å². The molecule has 102 valence electrons. The Hall–Kier alpha value is -1.26. The smallest absolute Gasteiger partial charge is 0.133 e. The van der Waals surface area contributed by atoms with Crippen molar-refractivity contribution >= 4 is 11.3 Å². The first-order valence-corrected chi connectivity index (χ1v) is 7.15. The zero-order valence-corrected chi connectivity index (χ0v) is 11.9. The molecule has 1 heterocycles. The van der Waals surface area contributed by atoms with Gasteiger partial charge in [-0.15, -0.1) is 11.3 Å². The number of hydrogen-bond donors (Lipinski definition) is 1. The number of rotatable bonds is 5. The third kappa shape index (κ3) is 3.19. The maximum Gasteiger partial charge on any atom is 0.133 e. The van der Waals surface area contributed by atoms with Crippen LogP contribution < -0.4 is 5.32 Å². The molecule has 1 nitrogen and oxygen atoms in total. The van der Waals surface area contributed by atoms with Gasteiger partial charge in [-0.1, -0.05) is 12.1 Å². The zero-order chi connectivity index (χ0) is 13.8. The topological polar surface area (TPSA) is 12.0 Å². The molecule has 19 heavy (non-hydrogen) atoms. The highest BCUT2D eigenvalue weighted by Crippen LogP contribution is 2.27. The average molecular weight is 281 g/mol. The fourth-order valence-electron chi connectivity index (χ4n) is 2.17. The van der Waals surface area contributed by atoms with Gasteiger partial charge in [-0.25, -0.2) is 8.78 Å². The van der Waals surface area contributed by atoms with Gasteiger partial charge in [-0.3, -0.25) is 0 Å². The van der Waals surface area contributed by atoms with E-state index in [0.29, 0.717) is 12.0 Å². The fourth-order valence-corrected chi connectivity index (χ4v) is 2.90. The first kappa shape index (κ1) is 14.2. The molecule has 1 N–H and O–H groups in total. The molecule has 0 fully saturated rings. The highest BCUT2D eigenvalue weighted by atomic mass is 32.1. The molecule has 0 bridgehead atoms. The van der Waals surface area contributed by atoms with Gasteiger partial charge < -0.3 is 5.32 Å². The lowest BCUT2D eigenvalue weighted by Gasteiger charge is -2.18. The predicted molar refractivity (Wildman–Crippen MR) is 75.5 cm³/mol. The van der Waals surface area contributed by atoms with Crippen LogP contribution in [0.1, 0.15) is 28.5 Å². The predicted octanol–water partition coefficient (Wildman–Crippen LogP) is 4.23. The highest BCUT2D eigenvalue weighted by Gasteiger charge is 2.20. The van der Waals surface area contributed by atoms with Gasteiger partial charge >= 0.3 is 0 Å². The van der Waals surface area contributed by atoms with E-state index in [1.54, 1.807) is 25.3 Å². The van der Waals surface area contributed by atoms with Gasteiger partial charge in [0.2, 0.25) is 0 Å². The van der Waals surface area contributed by atoms with Crippen molar-refractivity contribution in [3.8, 4) is 0 Å². The quantitative estimate of drug-likeness (QED) is 0.865. The summed E-state index contributed by atoms with van der Waals surface area (Å²) in [6.07, 6.45) is 1.49. The van der Waals surface area contributed by atoms with Crippen LogP contribution in [0.4, 0.5) is 8.78 Å². The van der Waals surface area contributed by atoms with E-state index >= 15 is 0 Å². The second kappa shape index (κ2) is 6.26. The molecule has 1 aromatic heterocycles. The van der Waals surface area contributed by atoms with Gasteiger partial charge in [0.05, 0.1) is 0 Å². The summed E-state index contributed by atoms with van der Waals surface area (Å²) in [5.74, 6) is -0.917. The minimum atomic E-state index is -0.478. The maximum absolute atomic E-state index is 14.1. The molecule has 4 heteroatoms. The Morgan fingerprint density at radius 3 is 2.68 bits per heavy atom. The van der Waals surface area contributed by atoms with Crippen molar-refractivity contribution in [1.82, 2.24) is 5.32 Å². The van der Waals surface area contributed by atoms with Crippen LogP contribution in [0.25, 0.3) is 0 Å². The van der Waals surface area contributed by atoms with Gasteiger partial charge in [0.25, 0.3) is 0 Å². The minimum Gasteiger partial charge on any atom is -0.313 e. The lowest BCUT2D eigenvalue weighted by molar-refractivity contribution is 0.469. The summed E-state index contributed by atoms with van der Waals surface area (Å²) in [7, 11) is 1.74. The molecule has 0 radical (unpaired) electrons. The lowest BCUT2D eigenvalue weighted by Crippen LogP contribution is -2.20. The molecular weight excluding hydrogens is 264 g/mol. The maximum atomic E-state index is 14.1. The van der Waals surface area contributed by atoms with E-state index in [2.05, 4.69) is 5.32 Å². The van der Waals surface area contributed by atoms with Crippen molar-refractivity contribution in [1.29, 1.82) is 0 Å². The number of benzene rings is 1. The monoisotopic (exact) mass is 281 g/mol. The third-order valence-corrected chi connectivity index (χ3v) is 4.21. The average Bonchev–Trinajstić information content (AvgIpc) is 2.91. The Kier molecular flexibility index (Phi) is 4.66. The second-order valence-corrected chi connectivity index (χ2v) is 5.58. The van der Waals surface area contributed by atoms with E-state index in [-0.39, 0.29) is 11.6 Å². The van der Waals surface area contributed by atoms with Crippen LogP contribution >= 0.6 is 11.3 Å². The van der Waals surface area contributed by atoms with Crippen molar-refractivity contribution in [2.75, 3.05) is 7.05 Å². The van der Waals surface area contributed by atoms with Crippen LogP contribution in [0.15, 0.2) is 29.6 Å². The van der Waals surface area contributed by atoms with Crippen molar-refractivity contribution in [3.63, 3.8) is 0 Å². The number of halogens is 2. The molecule has 0 aliphatic carbocycles. The zero-order valence-electron chi connectivity index (χ0n) is 11.0.